The largest absolute Gasteiger partial charge is 0.429 e. The summed E-state index contributed by atoms with van der Waals surface area (Å²) >= 11 is 0. The third-order valence-electron chi connectivity index (χ3n) is 7.39. The van der Waals surface area contributed by atoms with Crippen LogP contribution in [-0.4, -0.2) is 19.3 Å². The normalized spacial score (nSPS) is 15.2. The molecule has 166 valence electrons. The first-order valence-electron chi connectivity index (χ1n) is 12.5. The molecule has 0 fully saturated rings. The van der Waals surface area contributed by atoms with Gasteiger partial charge in [-0.25, -0.2) is 0 Å². The second-order valence-electron chi connectivity index (χ2n) is 9.53. The van der Waals surface area contributed by atoms with E-state index in [0.717, 1.165) is 12.8 Å². The fourth-order valence-corrected chi connectivity index (χ4v) is 4.37. The van der Waals surface area contributed by atoms with Crippen LogP contribution < -0.4 is 0 Å². The molecule has 2 nitrogen and oxygen atoms in total. The van der Waals surface area contributed by atoms with E-state index in [9.17, 15) is 4.79 Å². The van der Waals surface area contributed by atoms with Crippen molar-refractivity contribution in [2.24, 2.45) is 10.8 Å². The molecule has 0 aromatic heterocycles. The maximum Gasteiger partial charge on any atom is 0.351 e. The van der Waals surface area contributed by atoms with E-state index < -0.39 is 0 Å². The molecule has 0 aromatic rings. The Morgan fingerprint density at radius 2 is 1.29 bits per heavy atom. The lowest BCUT2D eigenvalue weighted by Crippen LogP contribution is -2.47. The number of rotatable bonds is 19. The van der Waals surface area contributed by atoms with Gasteiger partial charge in [-0.05, 0) is 38.0 Å². The fraction of sp³-hybridized carbons (Fsp3) is 0.960. The van der Waals surface area contributed by atoms with Gasteiger partial charge in [0.2, 0.25) is 0 Å². The van der Waals surface area contributed by atoms with Crippen LogP contribution in [-0.2, 0) is 9.45 Å². The summed E-state index contributed by atoms with van der Waals surface area (Å²) in [6.45, 7) is 15.6. The number of unbranched alkanes of at least 4 members (excludes halogenated alkanes) is 8. The van der Waals surface area contributed by atoms with E-state index in [1.807, 2.05) is 0 Å². The maximum absolute atomic E-state index is 13.3. The molecule has 0 saturated carbocycles. The summed E-state index contributed by atoms with van der Waals surface area (Å²) in [5.41, 5.74) is 0.117. The van der Waals surface area contributed by atoms with Crippen molar-refractivity contribution in [1.29, 1.82) is 0 Å². The Bertz CT molecular complexity index is 382. The van der Waals surface area contributed by atoms with Gasteiger partial charge >= 0.3 is 7.48 Å². The number of hydrogen-bond acceptors (Lipinski definition) is 2. The monoisotopic (exact) mass is 394 g/mol. The lowest BCUT2D eigenvalue weighted by Gasteiger charge is -2.46. The second kappa shape index (κ2) is 15.5. The quantitative estimate of drug-likeness (QED) is 0.165. The van der Waals surface area contributed by atoms with Gasteiger partial charge in [0.15, 0.2) is 0 Å². The highest BCUT2D eigenvalue weighted by Gasteiger charge is 2.47. The first kappa shape index (κ1) is 27.7. The van der Waals surface area contributed by atoms with Gasteiger partial charge in [0.05, 0.1) is 0 Å². The van der Waals surface area contributed by atoms with Crippen LogP contribution in [0.5, 0.6) is 0 Å². The zero-order valence-electron chi connectivity index (χ0n) is 20.5. The Morgan fingerprint density at radius 1 is 0.821 bits per heavy atom. The molecule has 0 aliphatic heterocycles. The Kier molecular flexibility index (Phi) is 15.4. The van der Waals surface area contributed by atoms with E-state index >= 15 is 0 Å². The SMILES string of the molecule is CCCCCCCC(C)(CCCCCCC)C(C)(CC)C(=O)BOC(C)CC. The van der Waals surface area contributed by atoms with E-state index in [2.05, 4.69) is 48.5 Å². The van der Waals surface area contributed by atoms with Crippen molar-refractivity contribution in [2.75, 3.05) is 0 Å². The highest BCUT2D eigenvalue weighted by atomic mass is 16.4. The summed E-state index contributed by atoms with van der Waals surface area (Å²) in [6, 6.07) is 0. The molecule has 0 N–H and O–H groups in total. The van der Waals surface area contributed by atoms with Gasteiger partial charge in [-0.2, -0.15) is 0 Å². The number of carbonyl (C=O) groups excluding carboxylic acids is 1. The van der Waals surface area contributed by atoms with E-state index in [1.165, 1.54) is 77.0 Å². The van der Waals surface area contributed by atoms with Gasteiger partial charge in [0.1, 0.15) is 5.68 Å². The lowest BCUT2D eigenvalue weighted by molar-refractivity contribution is -0.129. The lowest BCUT2D eigenvalue weighted by atomic mass is 9.53. The minimum absolute atomic E-state index is 0.0794. The standard InChI is InChI=1S/C25H51BO2/c1-8-12-14-16-18-20-24(6,21-19-17-15-13-9-2)25(7,11-4)23(27)26-28-22(5)10-3/h22,26H,8-21H2,1-7H3. The molecule has 0 radical (unpaired) electrons. The van der Waals surface area contributed by atoms with Crippen molar-refractivity contribution in [2.45, 2.75) is 144 Å². The molecule has 0 amide bonds. The molecule has 2 unspecified atom stereocenters. The van der Waals surface area contributed by atoms with Crippen LogP contribution in [0.4, 0.5) is 0 Å². The van der Waals surface area contributed by atoms with Gasteiger partial charge in [-0.15, -0.1) is 0 Å². The van der Waals surface area contributed by atoms with E-state index in [0.29, 0.717) is 5.68 Å². The summed E-state index contributed by atoms with van der Waals surface area (Å²) in [7, 11) is 0.278. The molecular weight excluding hydrogens is 343 g/mol. The molecule has 0 aromatic carbocycles. The van der Waals surface area contributed by atoms with Crippen molar-refractivity contribution in [3.8, 4) is 0 Å². The van der Waals surface area contributed by atoms with Gasteiger partial charge in [-0.3, -0.25) is 0 Å². The highest BCUT2D eigenvalue weighted by molar-refractivity contribution is 6.70. The molecule has 3 heteroatoms. The maximum atomic E-state index is 13.3. The first-order chi connectivity index (χ1) is 13.3. The van der Waals surface area contributed by atoms with Crippen LogP contribution >= 0.6 is 0 Å². The third kappa shape index (κ3) is 9.46. The van der Waals surface area contributed by atoms with Crippen LogP contribution in [0.15, 0.2) is 0 Å². The summed E-state index contributed by atoms with van der Waals surface area (Å²) in [4.78, 5) is 13.3. The zero-order chi connectivity index (χ0) is 21.5. The predicted octanol–water partition coefficient (Wildman–Crippen LogP) is 7.82. The average Bonchev–Trinajstić information content (AvgIpc) is 2.70. The minimum Gasteiger partial charge on any atom is -0.429 e. The number of carbonyl (C=O) groups is 1. The van der Waals surface area contributed by atoms with E-state index in [-0.39, 0.29) is 24.4 Å². The van der Waals surface area contributed by atoms with E-state index in [4.69, 9.17) is 4.65 Å². The molecule has 2 atom stereocenters. The highest BCUT2D eigenvalue weighted by Crippen LogP contribution is 2.50. The Morgan fingerprint density at radius 3 is 1.68 bits per heavy atom. The Balaban J connectivity index is 5.11. The van der Waals surface area contributed by atoms with Crippen LogP contribution in [0.2, 0.25) is 0 Å². The molecular formula is C25H51BO2. The summed E-state index contributed by atoms with van der Waals surface area (Å²) in [6.07, 6.45) is 17.4. The number of hydrogen-bond donors (Lipinski definition) is 0. The summed E-state index contributed by atoms with van der Waals surface area (Å²) in [5, 5.41) is 0. The van der Waals surface area contributed by atoms with Gasteiger partial charge in [0.25, 0.3) is 0 Å². The molecule has 0 heterocycles. The van der Waals surface area contributed by atoms with Crippen LogP contribution in [0, 0.1) is 10.8 Å². The molecule has 0 aliphatic rings. The van der Waals surface area contributed by atoms with Crippen LogP contribution in [0.1, 0.15) is 138 Å². The fourth-order valence-electron chi connectivity index (χ4n) is 4.37. The van der Waals surface area contributed by atoms with Crippen molar-refractivity contribution in [1.82, 2.24) is 0 Å². The first-order valence-corrected chi connectivity index (χ1v) is 12.5. The molecule has 28 heavy (non-hydrogen) atoms. The van der Waals surface area contributed by atoms with Crippen molar-refractivity contribution in [3.63, 3.8) is 0 Å². The van der Waals surface area contributed by atoms with Crippen molar-refractivity contribution in [3.05, 3.63) is 0 Å². The van der Waals surface area contributed by atoms with Gasteiger partial charge < -0.3 is 9.45 Å². The molecule has 0 bridgehead atoms. The van der Waals surface area contributed by atoms with Crippen LogP contribution in [0.25, 0.3) is 0 Å². The molecule has 0 rings (SSSR count). The summed E-state index contributed by atoms with van der Waals surface area (Å²) in [5.74, 6) is 0. The van der Waals surface area contributed by atoms with E-state index in [1.54, 1.807) is 0 Å². The Labute approximate surface area is 178 Å². The predicted molar refractivity (Wildman–Crippen MR) is 126 cm³/mol. The minimum atomic E-state index is -0.282. The van der Waals surface area contributed by atoms with Gasteiger partial charge in [-0.1, -0.05) is 106 Å². The van der Waals surface area contributed by atoms with Crippen LogP contribution in [0.3, 0.4) is 0 Å². The molecule has 0 saturated heterocycles. The van der Waals surface area contributed by atoms with Crippen molar-refractivity contribution >= 4 is 13.2 Å². The zero-order valence-corrected chi connectivity index (χ0v) is 20.5. The third-order valence-corrected chi connectivity index (χ3v) is 7.39. The summed E-state index contributed by atoms with van der Waals surface area (Å²) < 4.78 is 5.86. The second-order valence-corrected chi connectivity index (χ2v) is 9.53. The topological polar surface area (TPSA) is 26.3 Å². The molecule has 0 aliphatic carbocycles. The smallest absolute Gasteiger partial charge is 0.351 e. The Hall–Kier alpha value is -0.305. The average molecular weight is 394 g/mol. The molecule has 0 spiro atoms. The van der Waals surface area contributed by atoms with Gasteiger partial charge in [0, 0.05) is 11.5 Å². The van der Waals surface area contributed by atoms with Crippen molar-refractivity contribution < 1.29 is 9.45 Å².